The van der Waals surface area contributed by atoms with Crippen LogP contribution in [0.3, 0.4) is 0 Å². The highest BCUT2D eigenvalue weighted by Gasteiger charge is 2.48. The maximum Gasteiger partial charge on any atom is 0.316 e. The normalized spacial score (nSPS) is 28.9. The van der Waals surface area contributed by atoms with Crippen LogP contribution in [0.4, 0.5) is 0 Å². The van der Waals surface area contributed by atoms with E-state index < -0.39 is 5.60 Å². The van der Waals surface area contributed by atoms with Gasteiger partial charge >= 0.3 is 6.01 Å². The van der Waals surface area contributed by atoms with Gasteiger partial charge < -0.3 is 9.84 Å². The third-order valence-corrected chi connectivity index (χ3v) is 5.56. The highest BCUT2D eigenvalue weighted by atomic mass is 16.5. The van der Waals surface area contributed by atoms with Crippen LogP contribution in [0.25, 0.3) is 0 Å². The van der Waals surface area contributed by atoms with Crippen LogP contribution >= 0.6 is 0 Å². The van der Waals surface area contributed by atoms with Gasteiger partial charge in [-0.1, -0.05) is 30.3 Å². The van der Waals surface area contributed by atoms with Crippen LogP contribution in [-0.2, 0) is 12.1 Å². The topological polar surface area (TPSA) is 58.5 Å². The third-order valence-electron chi connectivity index (χ3n) is 5.56. The molecular formula is C20H25N3O2. The van der Waals surface area contributed by atoms with Crippen molar-refractivity contribution in [3.05, 3.63) is 53.9 Å². The lowest BCUT2D eigenvalue weighted by atomic mass is 9.81. The van der Waals surface area contributed by atoms with Crippen LogP contribution in [-0.4, -0.2) is 38.7 Å². The van der Waals surface area contributed by atoms with E-state index in [0.717, 1.165) is 37.8 Å². The molecule has 2 unspecified atom stereocenters. The van der Waals surface area contributed by atoms with E-state index in [2.05, 4.69) is 45.2 Å². The van der Waals surface area contributed by atoms with E-state index in [4.69, 9.17) is 4.74 Å². The highest BCUT2D eigenvalue weighted by Crippen LogP contribution is 2.46. The Morgan fingerprint density at radius 1 is 1.12 bits per heavy atom. The molecule has 0 aliphatic carbocycles. The first-order chi connectivity index (χ1) is 12.2. The Bertz CT molecular complexity index is 691. The van der Waals surface area contributed by atoms with Gasteiger partial charge in [-0.05, 0) is 38.2 Å². The van der Waals surface area contributed by atoms with Crippen molar-refractivity contribution in [3.63, 3.8) is 0 Å². The Morgan fingerprint density at radius 2 is 1.76 bits per heavy atom. The number of nitrogens with zero attached hydrogens (tertiary/aromatic N) is 3. The molecule has 4 rings (SSSR count). The average molecular weight is 339 g/mol. The molecule has 25 heavy (non-hydrogen) atoms. The molecule has 5 heteroatoms. The van der Waals surface area contributed by atoms with Gasteiger partial charge in [0.2, 0.25) is 0 Å². The summed E-state index contributed by atoms with van der Waals surface area (Å²) in [6, 6.07) is 11.8. The van der Waals surface area contributed by atoms with E-state index in [9.17, 15) is 5.11 Å². The summed E-state index contributed by atoms with van der Waals surface area (Å²) in [6.45, 7) is 3.42. The number of fused-ring (bicyclic) bond motifs is 2. The summed E-state index contributed by atoms with van der Waals surface area (Å²) in [4.78, 5) is 11.0. The molecule has 1 N–H and O–H groups in total. The minimum Gasteiger partial charge on any atom is -0.464 e. The smallest absolute Gasteiger partial charge is 0.316 e. The first kappa shape index (κ1) is 16.5. The molecule has 0 amide bonds. The lowest BCUT2D eigenvalue weighted by Crippen LogP contribution is -2.49. The largest absolute Gasteiger partial charge is 0.464 e. The summed E-state index contributed by atoms with van der Waals surface area (Å²) in [6.07, 6.45) is 7.24. The number of rotatable bonds is 5. The van der Waals surface area contributed by atoms with Gasteiger partial charge in [0.15, 0.2) is 0 Å². The number of aliphatic hydroxyl groups is 1. The van der Waals surface area contributed by atoms with E-state index >= 15 is 0 Å². The van der Waals surface area contributed by atoms with Crippen molar-refractivity contribution >= 4 is 0 Å². The Labute approximate surface area is 148 Å². The molecule has 2 aliphatic rings. The third kappa shape index (κ3) is 3.26. The second-order valence-electron chi connectivity index (χ2n) is 7.17. The van der Waals surface area contributed by atoms with E-state index in [-0.39, 0.29) is 0 Å². The number of hydrogen-bond donors (Lipinski definition) is 1. The maximum absolute atomic E-state index is 11.3. The lowest BCUT2D eigenvalue weighted by Gasteiger charge is -2.43. The van der Waals surface area contributed by atoms with E-state index in [0.29, 0.717) is 24.7 Å². The van der Waals surface area contributed by atoms with Crippen molar-refractivity contribution in [2.24, 2.45) is 0 Å². The SMILES string of the molecule is CCOc1ncc(C2(O)CC3CCC(C2)N3Cc2ccccc2)cn1. The van der Waals surface area contributed by atoms with Gasteiger partial charge in [-0.2, -0.15) is 0 Å². The van der Waals surface area contributed by atoms with Gasteiger partial charge in [0.25, 0.3) is 0 Å². The van der Waals surface area contributed by atoms with Crippen LogP contribution in [0.5, 0.6) is 6.01 Å². The van der Waals surface area contributed by atoms with Crippen molar-refractivity contribution < 1.29 is 9.84 Å². The molecule has 2 fully saturated rings. The Hall–Kier alpha value is -1.98. The second-order valence-corrected chi connectivity index (χ2v) is 7.17. The number of aromatic nitrogens is 2. The number of benzene rings is 1. The summed E-state index contributed by atoms with van der Waals surface area (Å²) in [5, 5.41) is 11.3. The van der Waals surface area contributed by atoms with Crippen molar-refractivity contribution in [1.29, 1.82) is 0 Å². The predicted molar refractivity (Wildman–Crippen MR) is 95.1 cm³/mol. The minimum atomic E-state index is -0.830. The Morgan fingerprint density at radius 3 is 2.36 bits per heavy atom. The van der Waals surface area contributed by atoms with E-state index in [1.807, 2.05) is 6.92 Å². The van der Waals surface area contributed by atoms with Crippen LogP contribution in [0, 0.1) is 0 Å². The molecule has 1 aromatic carbocycles. The van der Waals surface area contributed by atoms with Crippen molar-refractivity contribution in [1.82, 2.24) is 14.9 Å². The molecule has 0 saturated carbocycles. The molecule has 132 valence electrons. The van der Waals surface area contributed by atoms with Gasteiger partial charge in [-0.3, -0.25) is 4.90 Å². The molecule has 2 aromatic rings. The van der Waals surface area contributed by atoms with Gasteiger partial charge in [0, 0.05) is 36.6 Å². The van der Waals surface area contributed by atoms with Crippen LogP contribution in [0.1, 0.15) is 43.7 Å². The number of hydrogen-bond acceptors (Lipinski definition) is 5. The fraction of sp³-hybridized carbons (Fsp3) is 0.500. The maximum atomic E-state index is 11.3. The second kappa shape index (κ2) is 6.73. The minimum absolute atomic E-state index is 0.374. The van der Waals surface area contributed by atoms with Gasteiger partial charge in [0.1, 0.15) is 0 Å². The summed E-state index contributed by atoms with van der Waals surface area (Å²) < 4.78 is 5.31. The number of piperidine rings is 1. The van der Waals surface area contributed by atoms with Crippen LogP contribution in [0.2, 0.25) is 0 Å². The standard InChI is InChI=1S/C20H25N3O2/c1-2-25-19-21-12-16(13-22-19)20(24)10-17-8-9-18(11-20)23(17)14-15-6-4-3-5-7-15/h3-7,12-13,17-18,24H,2,8-11,14H2,1H3. The zero-order valence-corrected chi connectivity index (χ0v) is 14.6. The highest BCUT2D eigenvalue weighted by molar-refractivity contribution is 5.22. The van der Waals surface area contributed by atoms with Crippen LogP contribution in [0.15, 0.2) is 42.7 Å². The quantitative estimate of drug-likeness (QED) is 0.908. The van der Waals surface area contributed by atoms with Gasteiger partial charge in [-0.25, -0.2) is 9.97 Å². The van der Waals surface area contributed by atoms with Crippen molar-refractivity contribution in [2.45, 2.75) is 56.8 Å². The predicted octanol–water partition coefficient (Wildman–Crippen LogP) is 2.89. The van der Waals surface area contributed by atoms with Crippen molar-refractivity contribution in [3.8, 4) is 6.01 Å². The lowest BCUT2D eigenvalue weighted by molar-refractivity contribution is -0.0599. The molecule has 1 aromatic heterocycles. The first-order valence-electron chi connectivity index (χ1n) is 9.15. The monoisotopic (exact) mass is 339 g/mol. The fourth-order valence-corrected chi connectivity index (χ4v) is 4.36. The summed E-state index contributed by atoms with van der Waals surface area (Å²) in [7, 11) is 0. The molecule has 0 spiro atoms. The Balaban J connectivity index is 1.50. The Kier molecular flexibility index (Phi) is 4.44. The number of ether oxygens (including phenoxy) is 1. The zero-order valence-electron chi connectivity index (χ0n) is 14.6. The first-order valence-corrected chi connectivity index (χ1v) is 9.15. The molecule has 2 atom stereocenters. The summed E-state index contributed by atoms with van der Waals surface area (Å²) in [5.74, 6) is 0. The molecular weight excluding hydrogens is 314 g/mol. The van der Waals surface area contributed by atoms with E-state index in [1.54, 1.807) is 12.4 Å². The molecule has 2 saturated heterocycles. The summed E-state index contributed by atoms with van der Waals surface area (Å²) in [5.41, 5.74) is 1.32. The van der Waals surface area contributed by atoms with Crippen LogP contribution < -0.4 is 4.74 Å². The average Bonchev–Trinajstić information content (AvgIpc) is 2.87. The molecule has 2 aliphatic heterocycles. The van der Waals surface area contributed by atoms with Crippen molar-refractivity contribution in [2.75, 3.05) is 6.61 Å². The van der Waals surface area contributed by atoms with Gasteiger partial charge in [-0.15, -0.1) is 0 Å². The molecule has 2 bridgehead atoms. The molecule has 0 radical (unpaired) electrons. The van der Waals surface area contributed by atoms with E-state index in [1.165, 1.54) is 5.56 Å². The fourth-order valence-electron chi connectivity index (χ4n) is 4.36. The van der Waals surface area contributed by atoms with Gasteiger partial charge in [0.05, 0.1) is 12.2 Å². The molecule has 3 heterocycles. The summed E-state index contributed by atoms with van der Waals surface area (Å²) >= 11 is 0. The zero-order chi connectivity index (χ0) is 17.3. The molecule has 5 nitrogen and oxygen atoms in total.